The molecule has 1 aromatic heterocycles. The normalized spacial score (nSPS) is 17.2. The Balaban J connectivity index is 1.90. The zero-order valence-corrected chi connectivity index (χ0v) is 11.3. The van der Waals surface area contributed by atoms with Crippen LogP contribution in [0.5, 0.6) is 0 Å². The Kier molecular flexibility index (Phi) is 3.31. The molecule has 1 aliphatic carbocycles. The number of hydrogen-bond donors (Lipinski definition) is 1. The average molecular weight is 264 g/mol. The smallest absolute Gasteiger partial charge is 0.134 e. The first-order chi connectivity index (χ1) is 8.78. The maximum atomic E-state index is 6.01. The van der Waals surface area contributed by atoms with Gasteiger partial charge in [0.1, 0.15) is 11.3 Å². The standard InChI is InChI=1S/C15H18ClNO/c1-2-7-17-15(10-3-4-10)14-9-11-8-12(16)5-6-13(11)18-14/h5-6,8-10,15,17H,2-4,7H2,1H3. The summed E-state index contributed by atoms with van der Waals surface area (Å²) in [5, 5.41) is 5.46. The van der Waals surface area contributed by atoms with Crippen molar-refractivity contribution >= 4 is 22.6 Å². The number of furan rings is 1. The van der Waals surface area contributed by atoms with Crippen molar-refractivity contribution in [3.63, 3.8) is 0 Å². The molecule has 18 heavy (non-hydrogen) atoms. The van der Waals surface area contributed by atoms with Crippen molar-refractivity contribution < 1.29 is 4.42 Å². The first-order valence-electron chi connectivity index (χ1n) is 6.70. The van der Waals surface area contributed by atoms with Crippen LogP contribution in [0.1, 0.15) is 38.0 Å². The van der Waals surface area contributed by atoms with Crippen LogP contribution >= 0.6 is 11.6 Å². The van der Waals surface area contributed by atoms with E-state index in [2.05, 4.69) is 18.3 Å². The summed E-state index contributed by atoms with van der Waals surface area (Å²) in [4.78, 5) is 0. The Morgan fingerprint density at radius 1 is 1.39 bits per heavy atom. The van der Waals surface area contributed by atoms with Crippen LogP contribution in [-0.2, 0) is 0 Å². The molecule has 0 amide bonds. The Morgan fingerprint density at radius 3 is 2.94 bits per heavy atom. The van der Waals surface area contributed by atoms with E-state index in [1.807, 2.05) is 18.2 Å². The summed E-state index contributed by atoms with van der Waals surface area (Å²) in [6.45, 7) is 3.23. The van der Waals surface area contributed by atoms with E-state index in [0.717, 1.165) is 40.6 Å². The first-order valence-corrected chi connectivity index (χ1v) is 7.08. The lowest BCUT2D eigenvalue weighted by atomic mass is 10.1. The summed E-state index contributed by atoms with van der Waals surface area (Å²) in [7, 11) is 0. The highest BCUT2D eigenvalue weighted by atomic mass is 35.5. The van der Waals surface area contributed by atoms with Gasteiger partial charge in [-0.15, -0.1) is 0 Å². The van der Waals surface area contributed by atoms with Crippen molar-refractivity contribution in [2.24, 2.45) is 5.92 Å². The third kappa shape index (κ3) is 2.40. The molecule has 1 heterocycles. The molecule has 0 spiro atoms. The van der Waals surface area contributed by atoms with Crippen LogP contribution in [0.2, 0.25) is 5.02 Å². The second-order valence-corrected chi connectivity index (χ2v) is 5.54. The van der Waals surface area contributed by atoms with Gasteiger partial charge in [-0.3, -0.25) is 0 Å². The number of benzene rings is 1. The summed E-state index contributed by atoms with van der Waals surface area (Å²) in [5.41, 5.74) is 0.929. The Bertz CT molecular complexity index is 544. The Labute approximate surface area is 112 Å². The van der Waals surface area contributed by atoms with E-state index in [-0.39, 0.29) is 0 Å². The van der Waals surface area contributed by atoms with Gasteiger partial charge in [-0.05, 0) is 56.0 Å². The number of nitrogens with one attached hydrogen (secondary N) is 1. The molecule has 1 aromatic carbocycles. The molecule has 2 aromatic rings. The molecule has 1 atom stereocenters. The quantitative estimate of drug-likeness (QED) is 0.857. The molecule has 3 rings (SSSR count). The minimum Gasteiger partial charge on any atom is -0.459 e. The zero-order valence-electron chi connectivity index (χ0n) is 10.6. The zero-order chi connectivity index (χ0) is 12.5. The lowest BCUT2D eigenvalue weighted by Gasteiger charge is -2.14. The maximum absolute atomic E-state index is 6.01. The van der Waals surface area contributed by atoms with Crippen LogP contribution in [0.3, 0.4) is 0 Å². The Hall–Kier alpha value is -0.990. The second kappa shape index (κ2) is 4.94. The van der Waals surface area contributed by atoms with Crippen molar-refractivity contribution in [2.75, 3.05) is 6.54 Å². The molecule has 0 saturated heterocycles. The van der Waals surface area contributed by atoms with E-state index in [1.54, 1.807) is 0 Å². The SMILES string of the molecule is CCCNC(c1cc2cc(Cl)ccc2o1)C1CC1. The van der Waals surface area contributed by atoms with E-state index in [4.69, 9.17) is 16.0 Å². The van der Waals surface area contributed by atoms with E-state index in [1.165, 1.54) is 12.8 Å². The summed E-state index contributed by atoms with van der Waals surface area (Å²) >= 11 is 6.01. The molecule has 96 valence electrons. The van der Waals surface area contributed by atoms with Gasteiger partial charge in [0.15, 0.2) is 0 Å². The predicted molar refractivity (Wildman–Crippen MR) is 75.0 cm³/mol. The number of rotatable bonds is 5. The van der Waals surface area contributed by atoms with E-state index >= 15 is 0 Å². The van der Waals surface area contributed by atoms with E-state index < -0.39 is 0 Å². The van der Waals surface area contributed by atoms with Gasteiger partial charge in [0.2, 0.25) is 0 Å². The molecular weight excluding hydrogens is 246 g/mol. The van der Waals surface area contributed by atoms with Crippen LogP contribution in [0, 0.1) is 5.92 Å². The lowest BCUT2D eigenvalue weighted by Crippen LogP contribution is -2.23. The van der Waals surface area contributed by atoms with E-state index in [0.29, 0.717) is 6.04 Å². The third-order valence-corrected chi connectivity index (χ3v) is 3.75. The van der Waals surface area contributed by atoms with Crippen molar-refractivity contribution in [2.45, 2.75) is 32.2 Å². The minimum absolute atomic E-state index is 0.371. The Morgan fingerprint density at radius 2 is 2.22 bits per heavy atom. The van der Waals surface area contributed by atoms with Gasteiger partial charge >= 0.3 is 0 Å². The van der Waals surface area contributed by atoms with Crippen molar-refractivity contribution in [1.29, 1.82) is 0 Å². The van der Waals surface area contributed by atoms with Gasteiger partial charge in [-0.25, -0.2) is 0 Å². The van der Waals surface area contributed by atoms with Crippen LogP contribution in [-0.4, -0.2) is 6.54 Å². The number of hydrogen-bond acceptors (Lipinski definition) is 2. The molecule has 0 aliphatic heterocycles. The molecule has 1 saturated carbocycles. The van der Waals surface area contributed by atoms with Crippen LogP contribution < -0.4 is 5.32 Å². The molecule has 2 nitrogen and oxygen atoms in total. The molecule has 1 fully saturated rings. The van der Waals surface area contributed by atoms with Gasteiger partial charge < -0.3 is 9.73 Å². The van der Waals surface area contributed by atoms with Crippen molar-refractivity contribution in [3.05, 3.63) is 35.0 Å². The van der Waals surface area contributed by atoms with Crippen LogP contribution in [0.25, 0.3) is 11.0 Å². The lowest BCUT2D eigenvalue weighted by molar-refractivity contribution is 0.397. The fourth-order valence-corrected chi connectivity index (χ4v) is 2.60. The highest BCUT2D eigenvalue weighted by molar-refractivity contribution is 6.31. The summed E-state index contributed by atoms with van der Waals surface area (Å²) < 4.78 is 5.96. The fraction of sp³-hybridized carbons (Fsp3) is 0.467. The highest BCUT2D eigenvalue weighted by Crippen LogP contribution is 2.42. The van der Waals surface area contributed by atoms with Gasteiger partial charge in [0.25, 0.3) is 0 Å². The molecule has 3 heteroatoms. The minimum atomic E-state index is 0.371. The molecule has 1 aliphatic rings. The third-order valence-electron chi connectivity index (χ3n) is 3.51. The van der Waals surface area contributed by atoms with Gasteiger partial charge in [0.05, 0.1) is 6.04 Å². The van der Waals surface area contributed by atoms with Gasteiger partial charge in [-0.2, -0.15) is 0 Å². The van der Waals surface area contributed by atoms with Crippen LogP contribution in [0.15, 0.2) is 28.7 Å². The summed E-state index contributed by atoms with van der Waals surface area (Å²) in [5.74, 6) is 1.80. The second-order valence-electron chi connectivity index (χ2n) is 5.10. The first kappa shape index (κ1) is 12.1. The molecule has 1 N–H and O–H groups in total. The monoisotopic (exact) mass is 263 g/mol. The highest BCUT2D eigenvalue weighted by Gasteiger charge is 2.33. The summed E-state index contributed by atoms with van der Waals surface area (Å²) in [6, 6.07) is 8.30. The molecule has 1 unspecified atom stereocenters. The summed E-state index contributed by atoms with van der Waals surface area (Å²) in [6.07, 6.45) is 3.76. The number of halogens is 1. The van der Waals surface area contributed by atoms with Crippen molar-refractivity contribution in [1.82, 2.24) is 5.32 Å². The van der Waals surface area contributed by atoms with E-state index in [9.17, 15) is 0 Å². The predicted octanol–water partition coefficient (Wildman–Crippen LogP) is 4.54. The fourth-order valence-electron chi connectivity index (χ4n) is 2.42. The topological polar surface area (TPSA) is 25.2 Å². The molecular formula is C15H18ClNO. The van der Waals surface area contributed by atoms with Gasteiger partial charge in [-0.1, -0.05) is 18.5 Å². The van der Waals surface area contributed by atoms with Crippen LogP contribution in [0.4, 0.5) is 0 Å². The van der Waals surface area contributed by atoms with Gasteiger partial charge in [0, 0.05) is 10.4 Å². The average Bonchev–Trinajstić information content (AvgIpc) is 3.10. The molecule has 0 radical (unpaired) electrons. The van der Waals surface area contributed by atoms with Crippen molar-refractivity contribution in [3.8, 4) is 0 Å². The molecule has 0 bridgehead atoms. The number of fused-ring (bicyclic) bond motifs is 1. The maximum Gasteiger partial charge on any atom is 0.134 e. The largest absolute Gasteiger partial charge is 0.459 e.